The Bertz CT molecular complexity index is 792. The number of carboxylic acids is 1. The van der Waals surface area contributed by atoms with Crippen LogP contribution in [0.4, 0.5) is 27.6 Å². The van der Waals surface area contributed by atoms with E-state index in [0.717, 1.165) is 24.3 Å². The van der Waals surface area contributed by atoms with Crippen molar-refractivity contribution >= 4 is 11.7 Å². The Morgan fingerprint density at radius 1 is 1.04 bits per heavy atom. The molecule has 0 aliphatic heterocycles. The SMILES string of the molecule is Nc1cc(C(F)(F)F)ccc1Oc1cc(C(=O)O)ccc1OC(F)F. The summed E-state index contributed by atoms with van der Waals surface area (Å²) in [6, 6.07) is 4.99. The zero-order valence-electron chi connectivity index (χ0n) is 12.2. The van der Waals surface area contributed by atoms with Gasteiger partial charge in [-0.25, -0.2) is 4.79 Å². The maximum absolute atomic E-state index is 12.6. The van der Waals surface area contributed by atoms with Crippen LogP contribution >= 0.6 is 0 Å². The van der Waals surface area contributed by atoms with Gasteiger partial charge in [0, 0.05) is 0 Å². The Kier molecular flexibility index (Phi) is 5.00. The Balaban J connectivity index is 2.41. The fourth-order valence-corrected chi connectivity index (χ4v) is 1.85. The van der Waals surface area contributed by atoms with Crippen molar-refractivity contribution in [3.63, 3.8) is 0 Å². The summed E-state index contributed by atoms with van der Waals surface area (Å²) in [5.41, 5.74) is 3.74. The van der Waals surface area contributed by atoms with Crippen LogP contribution in [-0.2, 0) is 6.18 Å². The predicted molar refractivity (Wildman–Crippen MR) is 76.0 cm³/mol. The average Bonchev–Trinajstić information content (AvgIpc) is 2.49. The van der Waals surface area contributed by atoms with E-state index in [4.69, 9.17) is 15.6 Å². The van der Waals surface area contributed by atoms with E-state index in [-0.39, 0.29) is 11.3 Å². The van der Waals surface area contributed by atoms with Crippen LogP contribution in [0.2, 0.25) is 0 Å². The minimum Gasteiger partial charge on any atom is -0.478 e. The van der Waals surface area contributed by atoms with Crippen molar-refractivity contribution in [2.45, 2.75) is 12.8 Å². The fraction of sp³-hybridized carbons (Fsp3) is 0.133. The first-order chi connectivity index (χ1) is 11.6. The maximum Gasteiger partial charge on any atom is 0.416 e. The van der Waals surface area contributed by atoms with Crippen molar-refractivity contribution in [1.29, 1.82) is 0 Å². The number of nitrogen functional groups attached to an aromatic ring is 1. The van der Waals surface area contributed by atoms with Crippen molar-refractivity contribution < 1.29 is 41.3 Å². The van der Waals surface area contributed by atoms with Gasteiger partial charge in [-0.15, -0.1) is 0 Å². The molecule has 2 rings (SSSR count). The minimum absolute atomic E-state index is 0.283. The number of halogens is 5. The van der Waals surface area contributed by atoms with Crippen LogP contribution < -0.4 is 15.2 Å². The summed E-state index contributed by atoms with van der Waals surface area (Å²) in [6.45, 7) is -3.22. The van der Waals surface area contributed by atoms with E-state index in [1.165, 1.54) is 0 Å². The van der Waals surface area contributed by atoms with Crippen molar-refractivity contribution in [2.24, 2.45) is 0 Å². The molecule has 0 radical (unpaired) electrons. The number of carboxylic acid groups (broad SMARTS) is 1. The Hall–Kier alpha value is -3.04. The van der Waals surface area contributed by atoms with Gasteiger partial charge in [-0.3, -0.25) is 0 Å². The van der Waals surface area contributed by atoms with Crippen LogP contribution in [0.15, 0.2) is 36.4 Å². The number of rotatable bonds is 5. The van der Waals surface area contributed by atoms with E-state index in [0.29, 0.717) is 12.1 Å². The molecule has 0 bridgehead atoms. The summed E-state index contributed by atoms with van der Waals surface area (Å²) < 4.78 is 72.1. The average molecular weight is 363 g/mol. The Labute approximate surface area is 137 Å². The molecule has 10 heteroatoms. The lowest BCUT2D eigenvalue weighted by Crippen LogP contribution is -2.07. The van der Waals surface area contributed by atoms with Crippen molar-refractivity contribution in [3.8, 4) is 17.2 Å². The lowest BCUT2D eigenvalue weighted by molar-refractivity contribution is -0.137. The van der Waals surface area contributed by atoms with E-state index >= 15 is 0 Å². The van der Waals surface area contributed by atoms with Gasteiger partial charge in [-0.05, 0) is 36.4 Å². The van der Waals surface area contributed by atoms with E-state index in [9.17, 15) is 26.7 Å². The summed E-state index contributed by atoms with van der Waals surface area (Å²) in [7, 11) is 0. The second kappa shape index (κ2) is 6.83. The Morgan fingerprint density at radius 2 is 1.68 bits per heavy atom. The first kappa shape index (κ1) is 18.3. The first-order valence-corrected chi connectivity index (χ1v) is 6.54. The third-order valence-electron chi connectivity index (χ3n) is 2.96. The molecule has 5 nitrogen and oxygen atoms in total. The molecule has 0 saturated carbocycles. The fourth-order valence-electron chi connectivity index (χ4n) is 1.85. The smallest absolute Gasteiger partial charge is 0.416 e. The maximum atomic E-state index is 12.6. The zero-order valence-corrected chi connectivity index (χ0v) is 12.2. The van der Waals surface area contributed by atoms with E-state index < -0.39 is 41.5 Å². The molecule has 2 aromatic carbocycles. The largest absolute Gasteiger partial charge is 0.478 e. The van der Waals surface area contributed by atoms with Crippen LogP contribution in [0.5, 0.6) is 17.2 Å². The quantitative estimate of drug-likeness (QED) is 0.609. The van der Waals surface area contributed by atoms with Crippen LogP contribution in [0.3, 0.4) is 0 Å². The monoisotopic (exact) mass is 363 g/mol. The summed E-state index contributed by atoms with van der Waals surface area (Å²) in [5, 5.41) is 8.93. The molecule has 0 unspecified atom stereocenters. The molecular formula is C15H10F5NO4. The van der Waals surface area contributed by atoms with E-state index in [1.807, 2.05) is 0 Å². The third-order valence-corrected chi connectivity index (χ3v) is 2.96. The molecular weight excluding hydrogens is 353 g/mol. The molecule has 0 aromatic heterocycles. The predicted octanol–water partition coefficient (Wildman–Crippen LogP) is 4.38. The molecule has 2 aromatic rings. The van der Waals surface area contributed by atoms with Gasteiger partial charge in [0.1, 0.15) is 0 Å². The topological polar surface area (TPSA) is 81.8 Å². The molecule has 25 heavy (non-hydrogen) atoms. The molecule has 0 atom stereocenters. The molecule has 0 spiro atoms. The van der Waals surface area contributed by atoms with Gasteiger partial charge in [0.15, 0.2) is 17.2 Å². The number of nitrogens with two attached hydrogens (primary N) is 1. The van der Waals surface area contributed by atoms with Gasteiger partial charge in [-0.2, -0.15) is 22.0 Å². The highest BCUT2D eigenvalue weighted by Crippen LogP contribution is 2.38. The van der Waals surface area contributed by atoms with E-state index in [1.54, 1.807) is 0 Å². The molecule has 0 heterocycles. The number of anilines is 1. The van der Waals surface area contributed by atoms with Crippen LogP contribution in [0.1, 0.15) is 15.9 Å². The van der Waals surface area contributed by atoms with Gasteiger partial charge >= 0.3 is 18.8 Å². The number of carbonyl (C=O) groups is 1. The second-order valence-corrected chi connectivity index (χ2v) is 4.70. The highest BCUT2D eigenvalue weighted by Gasteiger charge is 2.31. The highest BCUT2D eigenvalue weighted by molar-refractivity contribution is 5.88. The summed E-state index contributed by atoms with van der Waals surface area (Å²) in [4.78, 5) is 11.0. The summed E-state index contributed by atoms with van der Waals surface area (Å²) >= 11 is 0. The highest BCUT2D eigenvalue weighted by atomic mass is 19.4. The van der Waals surface area contributed by atoms with Gasteiger partial charge in [0.05, 0.1) is 16.8 Å². The normalized spacial score (nSPS) is 11.4. The molecule has 0 aliphatic rings. The van der Waals surface area contributed by atoms with Crippen LogP contribution in [0.25, 0.3) is 0 Å². The number of benzene rings is 2. The zero-order chi connectivity index (χ0) is 18.8. The molecule has 0 fully saturated rings. The molecule has 134 valence electrons. The molecule has 3 N–H and O–H groups in total. The number of ether oxygens (including phenoxy) is 2. The second-order valence-electron chi connectivity index (χ2n) is 4.70. The number of hydrogen-bond acceptors (Lipinski definition) is 4. The molecule has 0 amide bonds. The van der Waals surface area contributed by atoms with Gasteiger partial charge in [0.2, 0.25) is 0 Å². The van der Waals surface area contributed by atoms with Gasteiger partial charge in [-0.1, -0.05) is 0 Å². The van der Waals surface area contributed by atoms with Gasteiger partial charge in [0.25, 0.3) is 0 Å². The number of alkyl halides is 5. The lowest BCUT2D eigenvalue weighted by Gasteiger charge is -2.15. The third kappa shape index (κ3) is 4.49. The van der Waals surface area contributed by atoms with Crippen LogP contribution in [0, 0.1) is 0 Å². The Morgan fingerprint density at radius 3 is 2.20 bits per heavy atom. The number of aromatic carboxylic acids is 1. The lowest BCUT2D eigenvalue weighted by atomic mass is 10.1. The van der Waals surface area contributed by atoms with Crippen LogP contribution in [-0.4, -0.2) is 17.7 Å². The summed E-state index contributed by atoms with van der Waals surface area (Å²) in [6.07, 6.45) is -4.63. The van der Waals surface area contributed by atoms with Crippen molar-refractivity contribution in [1.82, 2.24) is 0 Å². The standard InChI is InChI=1S/C15H10F5NO4/c16-14(17)25-11-3-1-7(13(22)23)5-12(11)24-10-4-2-8(6-9(10)21)15(18,19)20/h1-6,14H,21H2,(H,22,23). The summed E-state index contributed by atoms with van der Waals surface area (Å²) in [5.74, 6) is -2.59. The van der Waals surface area contributed by atoms with Gasteiger partial charge < -0.3 is 20.3 Å². The first-order valence-electron chi connectivity index (χ1n) is 6.54. The molecule has 0 aliphatic carbocycles. The van der Waals surface area contributed by atoms with Crippen molar-refractivity contribution in [2.75, 3.05) is 5.73 Å². The molecule has 0 saturated heterocycles. The van der Waals surface area contributed by atoms with Crippen molar-refractivity contribution in [3.05, 3.63) is 47.5 Å². The minimum atomic E-state index is -4.63. The van der Waals surface area contributed by atoms with E-state index in [2.05, 4.69) is 4.74 Å². The number of hydrogen-bond donors (Lipinski definition) is 2.